The molecule has 1 heterocycles. The molecule has 1 fully saturated rings. The van der Waals surface area contributed by atoms with E-state index in [0.717, 1.165) is 6.42 Å². The summed E-state index contributed by atoms with van der Waals surface area (Å²) in [5, 5.41) is 5.94. The summed E-state index contributed by atoms with van der Waals surface area (Å²) >= 11 is 6.08. The van der Waals surface area contributed by atoms with Gasteiger partial charge in [0.2, 0.25) is 5.91 Å². The Morgan fingerprint density at radius 2 is 1.73 bits per heavy atom. The van der Waals surface area contributed by atoms with E-state index >= 15 is 0 Å². The molecule has 0 saturated carbocycles. The molecule has 0 radical (unpaired) electrons. The SMILES string of the molecule is O=C(COc1ccc(Cl)cc1C(=O)Nc1ccccc1)Nc1ccccc1N1CCCC1=O. The third-order valence-corrected chi connectivity index (χ3v) is 5.35. The molecule has 1 saturated heterocycles. The Balaban J connectivity index is 1.44. The number of carbonyl (C=O) groups is 3. The third-order valence-electron chi connectivity index (χ3n) is 5.12. The molecule has 0 spiro atoms. The number of rotatable bonds is 7. The van der Waals surface area contributed by atoms with E-state index in [0.29, 0.717) is 35.1 Å². The first kappa shape index (κ1) is 22.4. The van der Waals surface area contributed by atoms with Gasteiger partial charge in [-0.15, -0.1) is 0 Å². The maximum absolute atomic E-state index is 12.8. The third kappa shape index (κ3) is 5.51. The minimum Gasteiger partial charge on any atom is -0.483 e. The molecule has 1 aliphatic rings. The summed E-state index contributed by atoms with van der Waals surface area (Å²) < 4.78 is 5.66. The number of amides is 3. The standard InChI is InChI=1S/C25H22ClN3O4/c26-17-12-13-22(19(15-17)25(32)27-18-7-2-1-3-8-18)33-16-23(30)28-20-9-4-5-10-21(20)29-14-6-11-24(29)31/h1-5,7-10,12-13,15H,6,11,14,16H2,(H,27,32)(H,28,30). The van der Waals surface area contributed by atoms with E-state index in [4.69, 9.17) is 16.3 Å². The molecule has 8 heteroatoms. The highest BCUT2D eigenvalue weighted by atomic mass is 35.5. The zero-order valence-electron chi connectivity index (χ0n) is 17.7. The van der Waals surface area contributed by atoms with E-state index in [1.54, 1.807) is 47.4 Å². The molecule has 0 aromatic heterocycles. The number of nitrogens with zero attached hydrogens (tertiary/aromatic N) is 1. The van der Waals surface area contributed by atoms with Crippen LogP contribution in [0, 0.1) is 0 Å². The molecule has 3 aromatic rings. The van der Waals surface area contributed by atoms with Gasteiger partial charge in [0.1, 0.15) is 5.75 Å². The lowest BCUT2D eigenvalue weighted by Crippen LogP contribution is -2.27. The zero-order valence-corrected chi connectivity index (χ0v) is 18.5. The first-order valence-corrected chi connectivity index (χ1v) is 10.9. The van der Waals surface area contributed by atoms with Gasteiger partial charge in [0.15, 0.2) is 6.61 Å². The van der Waals surface area contributed by atoms with Crippen LogP contribution in [-0.2, 0) is 9.59 Å². The quantitative estimate of drug-likeness (QED) is 0.530. The zero-order chi connectivity index (χ0) is 23.2. The average molecular weight is 464 g/mol. The van der Waals surface area contributed by atoms with Crippen molar-refractivity contribution in [1.29, 1.82) is 0 Å². The summed E-state index contributed by atoms with van der Waals surface area (Å²) in [7, 11) is 0. The number of nitrogens with one attached hydrogen (secondary N) is 2. The molecule has 0 atom stereocenters. The Labute approximate surface area is 196 Å². The van der Waals surface area contributed by atoms with E-state index < -0.39 is 11.8 Å². The van der Waals surface area contributed by atoms with Gasteiger partial charge in [0, 0.05) is 23.7 Å². The van der Waals surface area contributed by atoms with Crippen molar-refractivity contribution in [1.82, 2.24) is 0 Å². The van der Waals surface area contributed by atoms with Crippen LogP contribution in [0.15, 0.2) is 72.8 Å². The molecule has 33 heavy (non-hydrogen) atoms. The summed E-state index contributed by atoms with van der Waals surface area (Å²) in [6.45, 7) is 0.294. The Morgan fingerprint density at radius 1 is 0.970 bits per heavy atom. The van der Waals surface area contributed by atoms with Gasteiger partial charge < -0.3 is 20.3 Å². The van der Waals surface area contributed by atoms with Gasteiger partial charge in [-0.05, 0) is 48.9 Å². The molecule has 0 unspecified atom stereocenters. The molecule has 168 valence electrons. The van der Waals surface area contributed by atoms with Gasteiger partial charge in [-0.25, -0.2) is 0 Å². The van der Waals surface area contributed by atoms with Crippen molar-refractivity contribution < 1.29 is 19.1 Å². The Kier molecular flexibility index (Phi) is 6.90. The van der Waals surface area contributed by atoms with Crippen molar-refractivity contribution >= 4 is 46.4 Å². The Bertz CT molecular complexity index is 1180. The van der Waals surface area contributed by atoms with Gasteiger partial charge in [0.25, 0.3) is 11.8 Å². The Morgan fingerprint density at radius 3 is 2.48 bits per heavy atom. The van der Waals surface area contributed by atoms with Crippen LogP contribution >= 0.6 is 11.6 Å². The minimum atomic E-state index is -0.418. The summed E-state index contributed by atoms with van der Waals surface area (Å²) in [4.78, 5) is 39.2. The number of ether oxygens (including phenoxy) is 1. The van der Waals surface area contributed by atoms with Crippen molar-refractivity contribution in [2.24, 2.45) is 0 Å². The maximum atomic E-state index is 12.8. The van der Waals surface area contributed by atoms with Crippen LogP contribution in [0.25, 0.3) is 0 Å². The predicted molar refractivity (Wildman–Crippen MR) is 128 cm³/mol. The second-order valence-corrected chi connectivity index (χ2v) is 7.90. The minimum absolute atomic E-state index is 0.0307. The first-order valence-electron chi connectivity index (χ1n) is 10.5. The number of para-hydroxylation sites is 3. The fraction of sp³-hybridized carbons (Fsp3) is 0.160. The van der Waals surface area contributed by atoms with Crippen LogP contribution in [0.3, 0.4) is 0 Å². The summed E-state index contributed by atoms with van der Waals surface area (Å²) in [5.41, 5.74) is 2.02. The van der Waals surface area contributed by atoms with Gasteiger partial charge in [-0.1, -0.05) is 41.9 Å². The number of hydrogen-bond acceptors (Lipinski definition) is 4. The topological polar surface area (TPSA) is 87.7 Å². The van der Waals surface area contributed by atoms with Crippen LogP contribution in [0.5, 0.6) is 5.75 Å². The van der Waals surface area contributed by atoms with Crippen molar-refractivity contribution in [2.75, 3.05) is 28.7 Å². The number of halogens is 1. The van der Waals surface area contributed by atoms with Gasteiger partial charge >= 0.3 is 0 Å². The van der Waals surface area contributed by atoms with Crippen molar-refractivity contribution in [3.8, 4) is 5.75 Å². The molecule has 3 aromatic carbocycles. The number of benzene rings is 3. The summed E-state index contributed by atoms with van der Waals surface area (Å²) in [5.74, 6) is -0.565. The van der Waals surface area contributed by atoms with E-state index in [-0.39, 0.29) is 23.8 Å². The van der Waals surface area contributed by atoms with E-state index in [9.17, 15) is 14.4 Å². The molecular formula is C25H22ClN3O4. The highest BCUT2D eigenvalue weighted by Crippen LogP contribution is 2.29. The molecule has 3 amide bonds. The lowest BCUT2D eigenvalue weighted by Gasteiger charge is -2.20. The van der Waals surface area contributed by atoms with E-state index in [1.165, 1.54) is 6.07 Å². The van der Waals surface area contributed by atoms with Gasteiger partial charge in [-0.3, -0.25) is 14.4 Å². The highest BCUT2D eigenvalue weighted by molar-refractivity contribution is 6.31. The lowest BCUT2D eigenvalue weighted by molar-refractivity contribution is -0.118. The van der Waals surface area contributed by atoms with Crippen molar-refractivity contribution in [3.63, 3.8) is 0 Å². The largest absolute Gasteiger partial charge is 0.483 e. The number of carbonyl (C=O) groups excluding carboxylic acids is 3. The van der Waals surface area contributed by atoms with Crippen LogP contribution in [-0.4, -0.2) is 30.9 Å². The van der Waals surface area contributed by atoms with E-state index in [2.05, 4.69) is 10.6 Å². The summed E-state index contributed by atoms with van der Waals surface area (Å²) in [6.07, 6.45) is 1.28. The average Bonchev–Trinajstić information content (AvgIpc) is 3.25. The maximum Gasteiger partial charge on any atom is 0.262 e. The number of anilines is 3. The predicted octanol–water partition coefficient (Wildman–Crippen LogP) is 4.74. The van der Waals surface area contributed by atoms with Crippen LogP contribution in [0.4, 0.5) is 17.1 Å². The van der Waals surface area contributed by atoms with Gasteiger partial charge in [-0.2, -0.15) is 0 Å². The molecule has 1 aliphatic heterocycles. The van der Waals surface area contributed by atoms with E-state index in [1.807, 2.05) is 24.3 Å². The second kappa shape index (κ2) is 10.2. The van der Waals surface area contributed by atoms with Crippen LogP contribution in [0.1, 0.15) is 23.2 Å². The van der Waals surface area contributed by atoms with Crippen LogP contribution < -0.4 is 20.3 Å². The Hall–Kier alpha value is -3.84. The fourth-order valence-electron chi connectivity index (χ4n) is 3.57. The molecule has 4 rings (SSSR count). The van der Waals surface area contributed by atoms with Crippen molar-refractivity contribution in [3.05, 3.63) is 83.4 Å². The molecule has 0 aliphatic carbocycles. The lowest BCUT2D eigenvalue weighted by atomic mass is 10.2. The molecule has 0 bridgehead atoms. The normalized spacial score (nSPS) is 13.0. The fourth-order valence-corrected chi connectivity index (χ4v) is 3.74. The highest BCUT2D eigenvalue weighted by Gasteiger charge is 2.24. The summed E-state index contributed by atoms with van der Waals surface area (Å²) in [6, 6.07) is 20.7. The smallest absolute Gasteiger partial charge is 0.262 e. The molecule has 7 nitrogen and oxygen atoms in total. The first-order chi connectivity index (χ1) is 16.0. The number of hydrogen-bond donors (Lipinski definition) is 2. The molecular weight excluding hydrogens is 442 g/mol. The molecule has 2 N–H and O–H groups in total. The monoisotopic (exact) mass is 463 g/mol. The second-order valence-electron chi connectivity index (χ2n) is 7.46. The van der Waals surface area contributed by atoms with Crippen LogP contribution in [0.2, 0.25) is 5.02 Å². The van der Waals surface area contributed by atoms with Crippen molar-refractivity contribution in [2.45, 2.75) is 12.8 Å². The van der Waals surface area contributed by atoms with Gasteiger partial charge in [0.05, 0.1) is 16.9 Å².